The van der Waals surface area contributed by atoms with Crippen molar-refractivity contribution in [3.63, 3.8) is 0 Å². The van der Waals surface area contributed by atoms with Gasteiger partial charge in [-0.25, -0.2) is 4.79 Å². The van der Waals surface area contributed by atoms with Gasteiger partial charge in [-0.1, -0.05) is 5.16 Å². The van der Waals surface area contributed by atoms with Crippen LogP contribution in [0.5, 0.6) is 0 Å². The summed E-state index contributed by atoms with van der Waals surface area (Å²) in [5.41, 5.74) is 0.655. The summed E-state index contributed by atoms with van der Waals surface area (Å²) in [6.07, 6.45) is 2.01. The standard InChI is InChI=1S/C9H11BrN2O3/c1-12-4-2-3-5(12)6-7(9(13)14)15-11-8(6)10/h5H,2-4H2,1H3,(H,13,14). The summed E-state index contributed by atoms with van der Waals surface area (Å²) in [6, 6.07) is 0.0942. The van der Waals surface area contributed by atoms with Crippen LogP contribution in [0.1, 0.15) is 35.0 Å². The van der Waals surface area contributed by atoms with E-state index < -0.39 is 5.97 Å². The van der Waals surface area contributed by atoms with Crippen LogP contribution < -0.4 is 0 Å². The van der Waals surface area contributed by atoms with Crippen LogP contribution in [0.25, 0.3) is 0 Å². The first-order valence-electron chi connectivity index (χ1n) is 4.70. The van der Waals surface area contributed by atoms with Crippen LogP contribution in [0.15, 0.2) is 9.13 Å². The molecular weight excluding hydrogens is 264 g/mol. The van der Waals surface area contributed by atoms with E-state index >= 15 is 0 Å². The third-order valence-corrected chi connectivity index (χ3v) is 3.30. The Kier molecular flexibility index (Phi) is 2.79. The normalized spacial score (nSPS) is 22.1. The molecule has 1 unspecified atom stereocenters. The Labute approximate surface area is 95.2 Å². The number of likely N-dealkylation sites (tertiary alicyclic amines) is 1. The number of halogens is 1. The van der Waals surface area contributed by atoms with Gasteiger partial charge in [0.1, 0.15) is 0 Å². The fourth-order valence-electron chi connectivity index (χ4n) is 2.00. The number of aromatic nitrogens is 1. The quantitative estimate of drug-likeness (QED) is 0.892. The van der Waals surface area contributed by atoms with E-state index in [0.717, 1.165) is 19.4 Å². The molecule has 82 valence electrons. The van der Waals surface area contributed by atoms with Gasteiger partial charge in [0.05, 0.1) is 5.56 Å². The minimum atomic E-state index is -1.07. The van der Waals surface area contributed by atoms with Crippen LogP contribution in [0.4, 0.5) is 0 Å². The van der Waals surface area contributed by atoms with Gasteiger partial charge in [0.2, 0.25) is 5.76 Å². The van der Waals surface area contributed by atoms with Gasteiger partial charge in [-0.05, 0) is 42.4 Å². The Morgan fingerprint density at radius 3 is 3.00 bits per heavy atom. The predicted molar refractivity (Wildman–Crippen MR) is 55.8 cm³/mol. The zero-order chi connectivity index (χ0) is 11.0. The molecule has 1 aliphatic rings. The Balaban J connectivity index is 2.41. The molecule has 2 heterocycles. The van der Waals surface area contributed by atoms with Crippen molar-refractivity contribution in [3.05, 3.63) is 15.9 Å². The molecule has 2 rings (SSSR count). The molecule has 0 saturated carbocycles. The van der Waals surface area contributed by atoms with E-state index in [9.17, 15) is 4.79 Å². The van der Waals surface area contributed by atoms with E-state index in [1.807, 2.05) is 7.05 Å². The van der Waals surface area contributed by atoms with Gasteiger partial charge in [0.15, 0.2) is 4.60 Å². The summed E-state index contributed by atoms with van der Waals surface area (Å²) in [5.74, 6) is -1.12. The van der Waals surface area contributed by atoms with E-state index in [1.165, 1.54) is 0 Å². The van der Waals surface area contributed by atoms with Gasteiger partial charge in [-0.15, -0.1) is 0 Å². The lowest BCUT2D eigenvalue weighted by Gasteiger charge is -2.18. The summed E-state index contributed by atoms with van der Waals surface area (Å²) in [5, 5.41) is 12.6. The van der Waals surface area contributed by atoms with E-state index in [4.69, 9.17) is 9.63 Å². The largest absolute Gasteiger partial charge is 0.475 e. The molecule has 5 nitrogen and oxygen atoms in total. The number of hydrogen-bond donors (Lipinski definition) is 1. The third-order valence-electron chi connectivity index (χ3n) is 2.73. The molecule has 0 spiro atoms. The molecule has 0 aliphatic carbocycles. The second-order valence-electron chi connectivity index (χ2n) is 3.66. The van der Waals surface area contributed by atoms with Crippen molar-refractivity contribution in [2.45, 2.75) is 18.9 Å². The zero-order valence-electron chi connectivity index (χ0n) is 8.23. The maximum Gasteiger partial charge on any atom is 0.375 e. The maximum atomic E-state index is 10.9. The molecule has 0 aromatic carbocycles. The summed E-state index contributed by atoms with van der Waals surface area (Å²) in [4.78, 5) is 13.0. The summed E-state index contributed by atoms with van der Waals surface area (Å²) in [7, 11) is 1.97. The molecule has 1 aliphatic heterocycles. The monoisotopic (exact) mass is 274 g/mol. The molecule has 1 saturated heterocycles. The Morgan fingerprint density at radius 1 is 1.73 bits per heavy atom. The second-order valence-corrected chi connectivity index (χ2v) is 4.41. The molecule has 15 heavy (non-hydrogen) atoms. The lowest BCUT2D eigenvalue weighted by molar-refractivity contribution is 0.0648. The van der Waals surface area contributed by atoms with E-state index in [1.54, 1.807) is 0 Å². The first-order valence-corrected chi connectivity index (χ1v) is 5.49. The van der Waals surface area contributed by atoms with Crippen LogP contribution >= 0.6 is 15.9 Å². The van der Waals surface area contributed by atoms with Crippen molar-refractivity contribution in [3.8, 4) is 0 Å². The molecule has 1 aromatic rings. The summed E-state index contributed by atoms with van der Waals surface area (Å²) in [6.45, 7) is 0.974. The molecular formula is C9H11BrN2O3. The van der Waals surface area contributed by atoms with Crippen molar-refractivity contribution >= 4 is 21.9 Å². The SMILES string of the molecule is CN1CCCC1c1c(Br)noc1C(=O)O. The van der Waals surface area contributed by atoms with Gasteiger partial charge in [-0.3, -0.25) is 4.90 Å². The van der Waals surface area contributed by atoms with Crippen molar-refractivity contribution in [1.29, 1.82) is 0 Å². The third kappa shape index (κ3) is 1.79. The van der Waals surface area contributed by atoms with Gasteiger partial charge in [-0.2, -0.15) is 0 Å². The lowest BCUT2D eigenvalue weighted by atomic mass is 10.1. The predicted octanol–water partition coefficient (Wildman–Crippen LogP) is 1.90. The lowest BCUT2D eigenvalue weighted by Crippen LogP contribution is -2.19. The van der Waals surface area contributed by atoms with E-state index in [-0.39, 0.29) is 11.8 Å². The number of hydrogen-bond acceptors (Lipinski definition) is 4. The van der Waals surface area contributed by atoms with Crippen LogP contribution in [0.2, 0.25) is 0 Å². The molecule has 0 bridgehead atoms. The van der Waals surface area contributed by atoms with Crippen molar-refractivity contribution in [1.82, 2.24) is 10.1 Å². The highest BCUT2D eigenvalue weighted by Gasteiger charge is 2.32. The summed E-state index contributed by atoms with van der Waals surface area (Å²) < 4.78 is 5.29. The molecule has 6 heteroatoms. The first-order chi connectivity index (χ1) is 7.11. The minimum absolute atomic E-state index is 0.0550. The molecule has 1 aromatic heterocycles. The van der Waals surface area contributed by atoms with Crippen LogP contribution in [0, 0.1) is 0 Å². The van der Waals surface area contributed by atoms with Crippen LogP contribution in [-0.2, 0) is 0 Å². The van der Waals surface area contributed by atoms with Crippen molar-refractivity contribution in [2.24, 2.45) is 0 Å². The van der Waals surface area contributed by atoms with E-state index in [0.29, 0.717) is 10.2 Å². The second kappa shape index (κ2) is 3.94. The maximum absolute atomic E-state index is 10.9. The van der Waals surface area contributed by atoms with Crippen molar-refractivity contribution in [2.75, 3.05) is 13.6 Å². The van der Waals surface area contributed by atoms with Gasteiger partial charge in [0, 0.05) is 6.04 Å². The molecule has 1 N–H and O–H groups in total. The highest BCUT2D eigenvalue weighted by molar-refractivity contribution is 9.10. The highest BCUT2D eigenvalue weighted by Crippen LogP contribution is 2.36. The number of nitrogens with zero attached hydrogens (tertiary/aromatic N) is 2. The van der Waals surface area contributed by atoms with Gasteiger partial charge >= 0.3 is 5.97 Å². The Morgan fingerprint density at radius 2 is 2.47 bits per heavy atom. The number of carbonyl (C=O) groups is 1. The van der Waals surface area contributed by atoms with E-state index in [2.05, 4.69) is 26.0 Å². The summed E-state index contributed by atoms with van der Waals surface area (Å²) >= 11 is 3.23. The fourth-order valence-corrected chi connectivity index (χ4v) is 2.51. The number of aromatic carboxylic acids is 1. The molecule has 0 radical (unpaired) electrons. The zero-order valence-corrected chi connectivity index (χ0v) is 9.82. The number of rotatable bonds is 2. The van der Waals surface area contributed by atoms with Crippen LogP contribution in [-0.4, -0.2) is 34.7 Å². The highest BCUT2D eigenvalue weighted by atomic mass is 79.9. The molecule has 0 amide bonds. The number of carboxylic acid groups (broad SMARTS) is 1. The van der Waals surface area contributed by atoms with Crippen LogP contribution in [0.3, 0.4) is 0 Å². The molecule has 1 fully saturated rings. The first kappa shape index (κ1) is 10.6. The van der Waals surface area contributed by atoms with Crippen molar-refractivity contribution < 1.29 is 14.4 Å². The minimum Gasteiger partial charge on any atom is -0.475 e. The average Bonchev–Trinajstić information content (AvgIpc) is 2.71. The fraction of sp³-hybridized carbons (Fsp3) is 0.556. The smallest absolute Gasteiger partial charge is 0.375 e. The average molecular weight is 275 g/mol. The Hall–Kier alpha value is -0.880. The molecule has 1 atom stereocenters. The van der Waals surface area contributed by atoms with Gasteiger partial charge in [0.25, 0.3) is 0 Å². The Bertz CT molecular complexity index is 391. The number of carboxylic acids is 1. The topological polar surface area (TPSA) is 66.6 Å². The van der Waals surface area contributed by atoms with Gasteiger partial charge < -0.3 is 9.63 Å².